The van der Waals surface area contributed by atoms with Crippen molar-refractivity contribution < 1.29 is 9.59 Å². The van der Waals surface area contributed by atoms with Crippen LogP contribution in [0.2, 0.25) is 0 Å². The molecule has 0 aliphatic rings. The van der Waals surface area contributed by atoms with E-state index in [1.807, 2.05) is 61.5 Å². The lowest BCUT2D eigenvalue weighted by Crippen LogP contribution is -2.23. The quantitative estimate of drug-likeness (QED) is 0.368. The molecule has 8 heteroatoms. The summed E-state index contributed by atoms with van der Waals surface area (Å²) in [7, 11) is 1.77. The smallest absolute Gasteiger partial charge is 0.295 e. The van der Waals surface area contributed by atoms with E-state index in [1.54, 1.807) is 42.9 Å². The van der Waals surface area contributed by atoms with Crippen molar-refractivity contribution in [1.82, 2.24) is 9.36 Å². The van der Waals surface area contributed by atoms with Crippen LogP contribution in [0.5, 0.6) is 0 Å². The van der Waals surface area contributed by atoms with Crippen LogP contribution in [0.3, 0.4) is 0 Å². The first-order valence-corrected chi connectivity index (χ1v) is 12.1. The fraction of sp³-hybridized carbons (Fsp3) is 0.148. The van der Waals surface area contributed by atoms with E-state index in [0.29, 0.717) is 22.6 Å². The van der Waals surface area contributed by atoms with Gasteiger partial charge in [0.15, 0.2) is 0 Å². The number of carbonyl (C=O) groups excluding carboxylic acids is 2. The largest absolute Gasteiger partial charge is 0.325 e. The number of amides is 2. The fourth-order valence-electron chi connectivity index (χ4n) is 3.62. The van der Waals surface area contributed by atoms with Crippen LogP contribution in [0.1, 0.15) is 21.6 Å². The molecule has 0 bridgehead atoms. The zero-order chi connectivity index (χ0) is 24.9. The predicted octanol–water partition coefficient (Wildman–Crippen LogP) is 4.78. The van der Waals surface area contributed by atoms with Gasteiger partial charge in [-0.1, -0.05) is 42.0 Å². The van der Waals surface area contributed by atoms with Gasteiger partial charge in [0.05, 0.1) is 17.1 Å². The molecule has 0 spiro atoms. The molecule has 0 fully saturated rings. The van der Waals surface area contributed by atoms with Gasteiger partial charge in [0.2, 0.25) is 5.91 Å². The zero-order valence-corrected chi connectivity index (χ0v) is 20.6. The Morgan fingerprint density at radius 2 is 1.60 bits per heavy atom. The van der Waals surface area contributed by atoms with Crippen LogP contribution in [0.15, 0.2) is 88.6 Å². The summed E-state index contributed by atoms with van der Waals surface area (Å²) in [6.45, 7) is 3.79. The van der Waals surface area contributed by atoms with Crippen LogP contribution in [0.4, 0.5) is 11.4 Å². The second-order valence-corrected chi connectivity index (χ2v) is 9.17. The zero-order valence-electron chi connectivity index (χ0n) is 19.7. The molecule has 0 radical (unpaired) electrons. The minimum atomic E-state index is -0.429. The van der Waals surface area contributed by atoms with E-state index < -0.39 is 5.91 Å². The van der Waals surface area contributed by atoms with E-state index in [9.17, 15) is 14.4 Å². The average Bonchev–Trinajstić information content (AvgIpc) is 3.07. The van der Waals surface area contributed by atoms with Gasteiger partial charge in [0.25, 0.3) is 11.5 Å². The lowest BCUT2D eigenvalue weighted by Gasteiger charge is -2.08. The lowest BCUT2D eigenvalue weighted by molar-refractivity contribution is -0.113. The maximum Gasteiger partial charge on any atom is 0.295 e. The number of thioether (sulfide) groups is 1. The number of nitrogens with one attached hydrogen (secondary N) is 2. The summed E-state index contributed by atoms with van der Waals surface area (Å²) < 4.78 is 3.21. The maximum atomic E-state index is 13.1. The number of aryl methyl sites for hydroxylation is 1. The van der Waals surface area contributed by atoms with E-state index in [-0.39, 0.29) is 22.9 Å². The SMILES string of the molecule is Cc1ccc(SCC(=O)Nc2cccc(C(=O)Nc3c(C)n(C)n(-c4ccccc4)c3=O)c2)cc1. The number of benzene rings is 3. The molecule has 4 aromatic rings. The molecule has 0 unspecified atom stereocenters. The summed E-state index contributed by atoms with van der Waals surface area (Å²) >= 11 is 1.44. The first-order valence-electron chi connectivity index (χ1n) is 11.1. The van der Waals surface area contributed by atoms with Crippen LogP contribution in [-0.2, 0) is 11.8 Å². The molecule has 2 N–H and O–H groups in total. The summed E-state index contributed by atoms with van der Waals surface area (Å²) in [5, 5.41) is 5.58. The summed E-state index contributed by atoms with van der Waals surface area (Å²) in [6.07, 6.45) is 0. The number of anilines is 2. The normalized spacial score (nSPS) is 10.7. The first kappa shape index (κ1) is 24.1. The van der Waals surface area contributed by atoms with Gasteiger partial charge >= 0.3 is 0 Å². The predicted molar refractivity (Wildman–Crippen MR) is 141 cm³/mol. The Balaban J connectivity index is 1.45. The summed E-state index contributed by atoms with van der Waals surface area (Å²) in [5.74, 6) is -0.347. The molecule has 0 aliphatic carbocycles. The summed E-state index contributed by atoms with van der Waals surface area (Å²) in [5.41, 5.74) is 3.24. The number of hydrogen-bond donors (Lipinski definition) is 2. The van der Waals surface area contributed by atoms with Crippen LogP contribution in [0, 0.1) is 13.8 Å². The average molecular weight is 487 g/mol. The maximum absolute atomic E-state index is 13.1. The van der Waals surface area contributed by atoms with Crippen molar-refractivity contribution in [3.63, 3.8) is 0 Å². The molecular formula is C27H26N4O3S. The third kappa shape index (κ3) is 5.55. The Labute approximate surface area is 207 Å². The van der Waals surface area contributed by atoms with Crippen molar-refractivity contribution in [3.05, 3.63) is 106 Å². The monoisotopic (exact) mass is 486 g/mol. The van der Waals surface area contributed by atoms with Crippen LogP contribution >= 0.6 is 11.8 Å². The van der Waals surface area contributed by atoms with Crippen LogP contribution in [0.25, 0.3) is 5.69 Å². The second kappa shape index (κ2) is 10.5. The highest BCUT2D eigenvalue weighted by Crippen LogP contribution is 2.20. The molecule has 0 aliphatic heterocycles. The Morgan fingerprint density at radius 1 is 0.886 bits per heavy atom. The third-order valence-electron chi connectivity index (χ3n) is 5.59. The van der Waals surface area contributed by atoms with Gasteiger partial charge < -0.3 is 10.6 Å². The third-order valence-corrected chi connectivity index (χ3v) is 6.60. The van der Waals surface area contributed by atoms with Crippen molar-refractivity contribution in [2.45, 2.75) is 18.7 Å². The van der Waals surface area contributed by atoms with E-state index in [4.69, 9.17) is 0 Å². The molecule has 4 rings (SSSR count). The lowest BCUT2D eigenvalue weighted by atomic mass is 10.2. The van der Waals surface area contributed by atoms with Gasteiger partial charge in [-0.2, -0.15) is 0 Å². The van der Waals surface area contributed by atoms with E-state index >= 15 is 0 Å². The number of para-hydroxylation sites is 1. The second-order valence-electron chi connectivity index (χ2n) is 8.12. The Kier molecular flexibility index (Phi) is 7.22. The Morgan fingerprint density at radius 3 is 2.31 bits per heavy atom. The van der Waals surface area contributed by atoms with Crippen LogP contribution in [-0.4, -0.2) is 26.9 Å². The molecule has 0 saturated carbocycles. The molecule has 178 valence electrons. The van der Waals surface area contributed by atoms with E-state index in [1.165, 1.54) is 22.0 Å². The van der Waals surface area contributed by atoms with Gasteiger partial charge in [-0.25, -0.2) is 4.68 Å². The highest BCUT2D eigenvalue weighted by molar-refractivity contribution is 8.00. The molecule has 7 nitrogen and oxygen atoms in total. The number of aromatic nitrogens is 2. The molecule has 2 amide bonds. The minimum Gasteiger partial charge on any atom is -0.325 e. The van der Waals surface area contributed by atoms with E-state index in [0.717, 1.165) is 4.90 Å². The van der Waals surface area contributed by atoms with Gasteiger partial charge in [-0.3, -0.25) is 19.1 Å². The summed E-state index contributed by atoms with van der Waals surface area (Å²) in [4.78, 5) is 39.5. The van der Waals surface area contributed by atoms with Crippen molar-refractivity contribution in [2.24, 2.45) is 7.05 Å². The van der Waals surface area contributed by atoms with Crippen LogP contribution < -0.4 is 16.2 Å². The molecule has 1 heterocycles. The number of hydrogen-bond acceptors (Lipinski definition) is 4. The number of carbonyl (C=O) groups is 2. The Bertz CT molecular complexity index is 1420. The van der Waals surface area contributed by atoms with Gasteiger partial charge in [-0.15, -0.1) is 11.8 Å². The van der Waals surface area contributed by atoms with Crippen molar-refractivity contribution in [2.75, 3.05) is 16.4 Å². The summed E-state index contributed by atoms with van der Waals surface area (Å²) in [6, 6.07) is 23.9. The van der Waals surface area contributed by atoms with Crippen molar-refractivity contribution >= 4 is 35.0 Å². The molecule has 0 atom stereocenters. The van der Waals surface area contributed by atoms with Gasteiger partial charge in [0, 0.05) is 23.2 Å². The van der Waals surface area contributed by atoms with Gasteiger partial charge in [-0.05, 0) is 56.3 Å². The van der Waals surface area contributed by atoms with Gasteiger partial charge in [0.1, 0.15) is 5.69 Å². The fourth-order valence-corrected chi connectivity index (χ4v) is 4.32. The van der Waals surface area contributed by atoms with Crippen molar-refractivity contribution in [3.8, 4) is 5.69 Å². The number of rotatable bonds is 7. The topological polar surface area (TPSA) is 85.1 Å². The Hall–Kier alpha value is -4.04. The molecule has 0 saturated heterocycles. The molecular weight excluding hydrogens is 460 g/mol. The first-order chi connectivity index (χ1) is 16.8. The number of nitrogens with zero attached hydrogens (tertiary/aromatic N) is 2. The molecule has 1 aromatic heterocycles. The standard InChI is InChI=1S/C27H26N4O3S/c1-18-12-14-23(15-13-18)35-17-24(32)28-21-9-7-8-20(16-21)26(33)29-25-19(2)30(3)31(27(25)34)22-10-5-4-6-11-22/h4-16H,17H2,1-3H3,(H,28,32)(H,29,33). The van der Waals surface area contributed by atoms with E-state index in [2.05, 4.69) is 10.6 Å². The van der Waals surface area contributed by atoms with Crippen molar-refractivity contribution in [1.29, 1.82) is 0 Å². The highest BCUT2D eigenvalue weighted by atomic mass is 32.2. The molecule has 3 aromatic carbocycles. The minimum absolute atomic E-state index is 0.169. The molecule has 35 heavy (non-hydrogen) atoms. The highest BCUT2D eigenvalue weighted by Gasteiger charge is 2.19.